The maximum Gasteiger partial charge on any atom is 0.408 e. The van der Waals surface area contributed by atoms with Crippen LogP contribution in [0.5, 0.6) is 0 Å². The molecule has 1 amide bonds. The van der Waals surface area contributed by atoms with Crippen LogP contribution in [0, 0.1) is 24.6 Å². The molecule has 0 bridgehead atoms. The van der Waals surface area contributed by atoms with E-state index in [1.165, 1.54) is 6.07 Å². The Labute approximate surface area is 118 Å². The molecule has 0 aliphatic carbocycles. The number of benzene rings is 1. The number of nitrogens with two attached hydrogens (primary N) is 1. The first kappa shape index (κ1) is 15.8. The van der Waals surface area contributed by atoms with Gasteiger partial charge in [-0.05, 0) is 45.4 Å². The highest BCUT2D eigenvalue weighted by Crippen LogP contribution is 2.16. The van der Waals surface area contributed by atoms with Crippen LogP contribution in [0.4, 0.5) is 14.9 Å². The van der Waals surface area contributed by atoms with Crippen molar-refractivity contribution in [1.29, 1.82) is 0 Å². The summed E-state index contributed by atoms with van der Waals surface area (Å²) in [6, 6.07) is 2.81. The van der Waals surface area contributed by atoms with Crippen molar-refractivity contribution in [3.63, 3.8) is 0 Å². The van der Waals surface area contributed by atoms with Crippen molar-refractivity contribution >= 4 is 11.8 Å². The molecular formula is C15H19FN2O2. The Kier molecular flexibility index (Phi) is 4.98. The second-order valence-corrected chi connectivity index (χ2v) is 5.35. The average Bonchev–Trinajstić information content (AvgIpc) is 2.28. The molecule has 1 aromatic rings. The van der Waals surface area contributed by atoms with Gasteiger partial charge in [-0.15, -0.1) is 0 Å². The maximum absolute atomic E-state index is 13.5. The SMILES string of the molecule is Cc1cc(C#CCNC(=O)OC(C)(C)C)c(F)cc1N. The number of hydrogen-bond acceptors (Lipinski definition) is 3. The number of carbonyl (C=O) groups is 1. The van der Waals surface area contributed by atoms with Gasteiger partial charge in [-0.2, -0.15) is 0 Å². The molecule has 1 rings (SSSR count). The summed E-state index contributed by atoms with van der Waals surface area (Å²) in [7, 11) is 0. The number of nitrogens with one attached hydrogen (secondary N) is 1. The van der Waals surface area contributed by atoms with Crippen molar-refractivity contribution in [3.8, 4) is 11.8 Å². The molecule has 0 atom stereocenters. The number of ether oxygens (including phenoxy) is 1. The minimum Gasteiger partial charge on any atom is -0.444 e. The summed E-state index contributed by atoms with van der Waals surface area (Å²) >= 11 is 0. The quantitative estimate of drug-likeness (QED) is 0.613. The average molecular weight is 278 g/mol. The minimum absolute atomic E-state index is 0.0811. The standard InChI is InChI=1S/C15H19FN2O2/c1-10-8-11(12(16)9-13(10)17)6-5-7-18-14(19)20-15(2,3)4/h8-9H,7,17H2,1-4H3,(H,18,19). The van der Waals surface area contributed by atoms with Crippen molar-refractivity contribution in [1.82, 2.24) is 5.32 Å². The summed E-state index contributed by atoms with van der Waals surface area (Å²) in [4.78, 5) is 11.3. The van der Waals surface area contributed by atoms with Gasteiger partial charge in [-0.25, -0.2) is 9.18 Å². The second kappa shape index (κ2) is 6.29. The number of aryl methyl sites for hydroxylation is 1. The molecule has 0 saturated heterocycles. The van der Waals surface area contributed by atoms with Gasteiger partial charge in [0.25, 0.3) is 0 Å². The van der Waals surface area contributed by atoms with Gasteiger partial charge in [0.1, 0.15) is 11.4 Å². The fraction of sp³-hybridized carbons (Fsp3) is 0.400. The number of hydrogen-bond donors (Lipinski definition) is 2. The number of rotatable bonds is 1. The molecule has 0 fully saturated rings. The Morgan fingerprint density at radius 1 is 1.45 bits per heavy atom. The van der Waals surface area contributed by atoms with Crippen molar-refractivity contribution in [2.24, 2.45) is 0 Å². The minimum atomic E-state index is -0.558. The van der Waals surface area contributed by atoms with Gasteiger partial charge < -0.3 is 15.8 Å². The van der Waals surface area contributed by atoms with Gasteiger partial charge >= 0.3 is 6.09 Å². The Hall–Kier alpha value is -2.22. The molecule has 4 nitrogen and oxygen atoms in total. The smallest absolute Gasteiger partial charge is 0.408 e. The third kappa shape index (κ3) is 5.19. The van der Waals surface area contributed by atoms with Gasteiger partial charge in [-0.3, -0.25) is 0 Å². The lowest BCUT2D eigenvalue weighted by molar-refractivity contribution is 0.0535. The Morgan fingerprint density at radius 3 is 2.70 bits per heavy atom. The molecule has 0 heterocycles. The number of nitrogen functional groups attached to an aromatic ring is 1. The van der Waals surface area contributed by atoms with Gasteiger partial charge in [0, 0.05) is 5.69 Å². The summed E-state index contributed by atoms with van der Waals surface area (Å²) in [5, 5.41) is 2.47. The molecule has 20 heavy (non-hydrogen) atoms. The zero-order valence-corrected chi connectivity index (χ0v) is 12.1. The lowest BCUT2D eigenvalue weighted by Gasteiger charge is -2.19. The molecule has 1 aromatic carbocycles. The van der Waals surface area contributed by atoms with E-state index in [0.717, 1.165) is 5.56 Å². The van der Waals surface area contributed by atoms with Gasteiger partial charge in [-0.1, -0.05) is 11.8 Å². The van der Waals surface area contributed by atoms with Gasteiger partial charge in [0.2, 0.25) is 0 Å². The Morgan fingerprint density at radius 2 is 2.10 bits per heavy atom. The molecule has 5 heteroatoms. The van der Waals surface area contributed by atoms with Crippen LogP contribution in [0.1, 0.15) is 31.9 Å². The predicted octanol–water partition coefficient (Wildman–Crippen LogP) is 2.59. The maximum atomic E-state index is 13.5. The zero-order valence-electron chi connectivity index (χ0n) is 12.1. The fourth-order valence-corrected chi connectivity index (χ4v) is 1.36. The van der Waals surface area contributed by atoms with Crippen molar-refractivity contribution in [2.45, 2.75) is 33.3 Å². The van der Waals surface area contributed by atoms with E-state index in [2.05, 4.69) is 17.2 Å². The number of alkyl carbamates (subject to hydrolysis) is 1. The van der Waals surface area contributed by atoms with E-state index in [9.17, 15) is 9.18 Å². The molecule has 0 aliphatic heterocycles. The topological polar surface area (TPSA) is 64.3 Å². The van der Waals surface area contributed by atoms with Crippen LogP contribution in [-0.2, 0) is 4.74 Å². The van der Waals surface area contributed by atoms with Crippen LogP contribution in [0.2, 0.25) is 0 Å². The van der Waals surface area contributed by atoms with E-state index in [1.54, 1.807) is 33.8 Å². The molecule has 0 radical (unpaired) electrons. The third-order valence-electron chi connectivity index (χ3n) is 2.30. The molecule has 0 aliphatic rings. The van der Waals surface area contributed by atoms with E-state index >= 15 is 0 Å². The van der Waals surface area contributed by atoms with E-state index in [1.807, 2.05) is 0 Å². The normalized spacial score (nSPS) is 10.4. The highest BCUT2D eigenvalue weighted by Gasteiger charge is 2.15. The molecule has 0 unspecified atom stereocenters. The van der Waals surface area contributed by atoms with Crippen LogP contribution in [0.3, 0.4) is 0 Å². The molecule has 0 spiro atoms. The Balaban J connectivity index is 2.60. The molecule has 0 aromatic heterocycles. The second-order valence-electron chi connectivity index (χ2n) is 5.35. The summed E-state index contributed by atoms with van der Waals surface area (Å²) in [6.45, 7) is 7.16. The molecular weight excluding hydrogens is 259 g/mol. The Bertz CT molecular complexity index is 566. The lowest BCUT2D eigenvalue weighted by atomic mass is 10.1. The lowest BCUT2D eigenvalue weighted by Crippen LogP contribution is -2.32. The first-order valence-electron chi connectivity index (χ1n) is 6.20. The van der Waals surface area contributed by atoms with Gasteiger partial charge in [0.05, 0.1) is 12.1 Å². The molecule has 3 N–H and O–H groups in total. The van der Waals surface area contributed by atoms with Crippen LogP contribution in [0.25, 0.3) is 0 Å². The van der Waals surface area contributed by atoms with Crippen molar-refractivity contribution < 1.29 is 13.9 Å². The van der Waals surface area contributed by atoms with E-state index < -0.39 is 17.5 Å². The summed E-state index contributed by atoms with van der Waals surface area (Å²) in [6.07, 6.45) is -0.555. The molecule has 0 saturated carbocycles. The highest BCUT2D eigenvalue weighted by atomic mass is 19.1. The van der Waals surface area contributed by atoms with E-state index in [4.69, 9.17) is 10.5 Å². The van der Waals surface area contributed by atoms with E-state index in [0.29, 0.717) is 5.69 Å². The van der Waals surface area contributed by atoms with Crippen LogP contribution >= 0.6 is 0 Å². The first-order valence-corrected chi connectivity index (χ1v) is 6.20. The fourth-order valence-electron chi connectivity index (χ4n) is 1.36. The summed E-state index contributed by atoms with van der Waals surface area (Å²) in [5.41, 5.74) is 6.42. The number of amides is 1. The number of anilines is 1. The van der Waals surface area contributed by atoms with Crippen LogP contribution in [0.15, 0.2) is 12.1 Å². The van der Waals surface area contributed by atoms with Crippen molar-refractivity contribution in [3.05, 3.63) is 29.1 Å². The van der Waals surface area contributed by atoms with Crippen molar-refractivity contribution in [2.75, 3.05) is 12.3 Å². The van der Waals surface area contributed by atoms with Crippen LogP contribution < -0.4 is 11.1 Å². The molecule has 108 valence electrons. The van der Waals surface area contributed by atoms with E-state index in [-0.39, 0.29) is 12.1 Å². The summed E-state index contributed by atoms with van der Waals surface area (Å²) in [5.74, 6) is 4.84. The highest BCUT2D eigenvalue weighted by molar-refractivity contribution is 5.68. The monoisotopic (exact) mass is 278 g/mol. The number of carbonyl (C=O) groups excluding carboxylic acids is 1. The summed E-state index contributed by atoms with van der Waals surface area (Å²) < 4.78 is 18.6. The zero-order chi connectivity index (χ0) is 15.3. The third-order valence-corrected chi connectivity index (χ3v) is 2.30. The number of halogens is 1. The predicted molar refractivity (Wildman–Crippen MR) is 76.7 cm³/mol. The van der Waals surface area contributed by atoms with Crippen LogP contribution in [-0.4, -0.2) is 18.2 Å². The first-order chi connectivity index (χ1) is 9.19. The van der Waals surface area contributed by atoms with Gasteiger partial charge in [0.15, 0.2) is 0 Å². The largest absolute Gasteiger partial charge is 0.444 e.